The summed E-state index contributed by atoms with van der Waals surface area (Å²) < 4.78 is 17.6. The zero-order valence-corrected chi connectivity index (χ0v) is 20.6. The number of nitrogens with one attached hydrogen (secondary N) is 3. The maximum atomic E-state index is 13.0. The van der Waals surface area contributed by atoms with Crippen molar-refractivity contribution < 1.29 is 19.0 Å². The second kappa shape index (κ2) is 10.2. The lowest BCUT2D eigenvalue weighted by Crippen LogP contribution is -2.33. The summed E-state index contributed by atoms with van der Waals surface area (Å²) in [7, 11) is 1.57. The Morgan fingerprint density at radius 2 is 2.17 bits per heavy atom. The second-order valence-electron chi connectivity index (χ2n) is 8.89. The van der Waals surface area contributed by atoms with E-state index in [1.807, 2.05) is 18.2 Å². The van der Waals surface area contributed by atoms with Crippen molar-refractivity contribution in [1.82, 2.24) is 15.3 Å². The third-order valence-corrected chi connectivity index (χ3v) is 6.80. The van der Waals surface area contributed by atoms with E-state index in [0.717, 1.165) is 42.8 Å². The number of nitrogens with zero attached hydrogens (tertiary/aromatic N) is 1. The lowest BCUT2D eigenvalue weighted by atomic mass is 9.98. The smallest absolute Gasteiger partial charge is 0.255 e. The number of halogens is 1. The summed E-state index contributed by atoms with van der Waals surface area (Å²) in [6.45, 7) is 3.85. The topological polar surface area (TPSA) is 97.5 Å². The average Bonchev–Trinajstić information content (AvgIpc) is 3.26. The molecule has 0 bridgehead atoms. The standard InChI is InChI=1S/C26H29ClN4O4/c1-15-12-29-26(32)21-22(15)31-23(24(21)30-19-8-5-7-18(27)25(19)33-2)17-9-10-28-13-20(17)35-14-16-6-3-4-11-34-16/h5,7-10,13,15-16,30-31H,3-4,6,11-12,14H2,1-2H3,(H,29,32)/t15-,16+/m0/s1. The normalized spacial score (nSPS) is 19.6. The number of anilines is 2. The Kier molecular flexibility index (Phi) is 6.83. The molecule has 1 fully saturated rings. The molecule has 1 amide bonds. The predicted molar refractivity (Wildman–Crippen MR) is 135 cm³/mol. The van der Waals surface area contributed by atoms with Gasteiger partial charge in [0.1, 0.15) is 12.4 Å². The molecular weight excluding hydrogens is 468 g/mol. The van der Waals surface area contributed by atoms with Gasteiger partial charge in [0.2, 0.25) is 0 Å². The molecule has 0 unspecified atom stereocenters. The molecule has 9 heteroatoms. The molecule has 3 aromatic rings. The van der Waals surface area contributed by atoms with Crippen LogP contribution < -0.4 is 20.1 Å². The number of amides is 1. The van der Waals surface area contributed by atoms with Gasteiger partial charge in [-0.1, -0.05) is 24.6 Å². The quantitative estimate of drug-likeness (QED) is 0.412. The molecular formula is C26H29ClN4O4. The van der Waals surface area contributed by atoms with Crippen molar-refractivity contribution >= 4 is 28.9 Å². The first kappa shape index (κ1) is 23.5. The van der Waals surface area contributed by atoms with Gasteiger partial charge in [0, 0.05) is 36.5 Å². The van der Waals surface area contributed by atoms with Crippen molar-refractivity contribution in [2.24, 2.45) is 0 Å². The van der Waals surface area contributed by atoms with Gasteiger partial charge < -0.3 is 29.8 Å². The molecule has 8 nitrogen and oxygen atoms in total. The minimum absolute atomic E-state index is 0.0628. The highest BCUT2D eigenvalue weighted by Crippen LogP contribution is 2.44. The number of pyridine rings is 1. The molecule has 2 aliphatic rings. The van der Waals surface area contributed by atoms with Gasteiger partial charge in [0.05, 0.1) is 47.1 Å². The van der Waals surface area contributed by atoms with Crippen molar-refractivity contribution in [3.05, 3.63) is 52.9 Å². The van der Waals surface area contributed by atoms with Crippen molar-refractivity contribution in [2.75, 3.05) is 32.2 Å². The third kappa shape index (κ3) is 4.68. The highest BCUT2D eigenvalue weighted by molar-refractivity contribution is 6.32. The molecule has 2 aliphatic heterocycles. The largest absolute Gasteiger partial charge is 0.493 e. The van der Waals surface area contributed by atoms with E-state index in [2.05, 4.69) is 27.5 Å². The molecule has 0 aliphatic carbocycles. The highest BCUT2D eigenvalue weighted by atomic mass is 35.5. The van der Waals surface area contributed by atoms with Crippen LogP contribution in [0.5, 0.6) is 11.5 Å². The van der Waals surface area contributed by atoms with Crippen LogP contribution in [0.25, 0.3) is 11.3 Å². The molecule has 1 aromatic carbocycles. The second-order valence-corrected chi connectivity index (χ2v) is 9.30. The number of para-hydroxylation sites is 1. The van der Waals surface area contributed by atoms with E-state index in [9.17, 15) is 4.79 Å². The van der Waals surface area contributed by atoms with Gasteiger partial charge >= 0.3 is 0 Å². The van der Waals surface area contributed by atoms with Crippen molar-refractivity contribution in [1.29, 1.82) is 0 Å². The average molecular weight is 497 g/mol. The molecule has 35 heavy (non-hydrogen) atoms. The number of methoxy groups -OCH3 is 1. The van der Waals surface area contributed by atoms with E-state index < -0.39 is 0 Å². The maximum Gasteiger partial charge on any atom is 0.255 e. The number of carbonyl (C=O) groups is 1. The van der Waals surface area contributed by atoms with Crippen LogP contribution in [0.4, 0.5) is 11.4 Å². The summed E-state index contributed by atoms with van der Waals surface area (Å²) >= 11 is 6.37. The number of hydrogen-bond donors (Lipinski definition) is 3. The number of benzene rings is 1. The number of hydrogen-bond acceptors (Lipinski definition) is 6. The molecule has 0 saturated carbocycles. The van der Waals surface area contributed by atoms with Crippen LogP contribution in [0.2, 0.25) is 5.02 Å². The molecule has 1 saturated heterocycles. The van der Waals surface area contributed by atoms with Crippen LogP contribution in [0, 0.1) is 0 Å². The zero-order valence-electron chi connectivity index (χ0n) is 19.8. The monoisotopic (exact) mass is 496 g/mol. The number of aromatic amines is 1. The summed E-state index contributed by atoms with van der Waals surface area (Å²) in [6, 6.07) is 7.34. The molecule has 2 atom stereocenters. The van der Waals surface area contributed by atoms with E-state index in [-0.39, 0.29) is 17.9 Å². The lowest BCUT2D eigenvalue weighted by molar-refractivity contribution is -0.0110. The minimum atomic E-state index is -0.142. The first-order valence-electron chi connectivity index (χ1n) is 11.9. The van der Waals surface area contributed by atoms with Crippen LogP contribution in [0.1, 0.15) is 48.2 Å². The van der Waals surface area contributed by atoms with Crippen molar-refractivity contribution in [2.45, 2.75) is 38.2 Å². The Morgan fingerprint density at radius 3 is 2.97 bits per heavy atom. The summed E-state index contributed by atoms with van der Waals surface area (Å²) in [4.78, 5) is 20.8. The first-order valence-corrected chi connectivity index (χ1v) is 12.3. The molecule has 2 aromatic heterocycles. The van der Waals surface area contributed by atoms with E-state index in [1.54, 1.807) is 25.6 Å². The maximum absolute atomic E-state index is 13.0. The van der Waals surface area contributed by atoms with Gasteiger partial charge in [-0.05, 0) is 37.5 Å². The fraction of sp³-hybridized carbons (Fsp3) is 0.385. The number of H-pyrrole nitrogens is 1. The van der Waals surface area contributed by atoms with Crippen molar-refractivity contribution in [3.63, 3.8) is 0 Å². The van der Waals surface area contributed by atoms with E-state index in [4.69, 9.17) is 25.8 Å². The van der Waals surface area contributed by atoms with Crippen LogP contribution in [0.3, 0.4) is 0 Å². The fourth-order valence-electron chi connectivity index (χ4n) is 4.66. The van der Waals surface area contributed by atoms with Crippen LogP contribution in [-0.4, -0.2) is 48.8 Å². The van der Waals surface area contributed by atoms with Crippen LogP contribution >= 0.6 is 11.6 Å². The van der Waals surface area contributed by atoms with Crippen LogP contribution in [0.15, 0.2) is 36.7 Å². The summed E-state index contributed by atoms with van der Waals surface area (Å²) in [5.41, 5.74) is 4.26. The summed E-state index contributed by atoms with van der Waals surface area (Å²) in [6.07, 6.45) is 6.68. The first-order chi connectivity index (χ1) is 17.1. The number of fused-ring (bicyclic) bond motifs is 1. The van der Waals surface area contributed by atoms with Crippen molar-refractivity contribution in [3.8, 4) is 22.8 Å². The van der Waals surface area contributed by atoms with Gasteiger partial charge in [0.25, 0.3) is 5.91 Å². The lowest BCUT2D eigenvalue weighted by Gasteiger charge is -2.23. The predicted octanol–water partition coefficient (Wildman–Crippen LogP) is 5.28. The Labute approximate surface area is 209 Å². The van der Waals surface area contributed by atoms with E-state index >= 15 is 0 Å². The molecule has 5 rings (SSSR count). The highest BCUT2D eigenvalue weighted by Gasteiger charge is 2.32. The Morgan fingerprint density at radius 1 is 1.29 bits per heavy atom. The van der Waals surface area contributed by atoms with Gasteiger partial charge in [-0.3, -0.25) is 9.78 Å². The molecule has 184 valence electrons. The Bertz CT molecular complexity index is 1220. The number of carbonyl (C=O) groups excluding carboxylic acids is 1. The van der Waals surface area contributed by atoms with E-state index in [1.165, 1.54) is 0 Å². The summed E-state index contributed by atoms with van der Waals surface area (Å²) in [5, 5.41) is 6.88. The van der Waals surface area contributed by atoms with Crippen LogP contribution in [-0.2, 0) is 4.74 Å². The Balaban J connectivity index is 1.58. The van der Waals surface area contributed by atoms with E-state index in [0.29, 0.717) is 46.6 Å². The Hall–Kier alpha value is -3.23. The molecule has 4 heterocycles. The van der Waals surface area contributed by atoms with Gasteiger partial charge in [-0.15, -0.1) is 0 Å². The van der Waals surface area contributed by atoms with Gasteiger partial charge in [-0.2, -0.15) is 0 Å². The summed E-state index contributed by atoms with van der Waals surface area (Å²) in [5.74, 6) is 1.09. The van der Waals surface area contributed by atoms with Gasteiger partial charge in [0.15, 0.2) is 5.75 Å². The number of rotatable bonds is 7. The van der Waals surface area contributed by atoms with Gasteiger partial charge in [-0.25, -0.2) is 0 Å². The fourth-order valence-corrected chi connectivity index (χ4v) is 4.91. The third-order valence-electron chi connectivity index (χ3n) is 6.50. The molecule has 0 spiro atoms. The molecule has 0 radical (unpaired) electrons. The minimum Gasteiger partial charge on any atom is -0.493 e. The SMILES string of the molecule is COc1c(Cl)cccc1Nc1c(-c2ccncc2OC[C@H]2CCCCO2)[nH]c2c1C(=O)NC[C@@H]2C. The zero-order chi connectivity index (χ0) is 24.4. The number of ether oxygens (including phenoxy) is 3. The molecule has 3 N–H and O–H groups in total. The number of aromatic nitrogens is 2.